The molecule has 0 amide bonds. The number of rotatable bonds is 4. The molecule has 2 aromatic carbocycles. The van der Waals surface area contributed by atoms with Crippen LogP contribution >= 0.6 is 0 Å². The van der Waals surface area contributed by atoms with Crippen LogP contribution in [0.1, 0.15) is 25.3 Å². The Morgan fingerprint density at radius 2 is 1.79 bits per heavy atom. The van der Waals surface area contributed by atoms with Crippen LogP contribution < -0.4 is 0 Å². The number of aryl methyl sites for hydroxylation is 1. The Morgan fingerprint density at radius 3 is 2.68 bits per heavy atom. The summed E-state index contributed by atoms with van der Waals surface area (Å²) in [5.74, 6) is 0. The largest absolute Gasteiger partial charge is 0.213 e. The van der Waals surface area contributed by atoms with E-state index in [1.54, 1.807) is 0 Å². The molecular formula is C16H17N3. The first-order valence-electron chi connectivity index (χ1n) is 6.79. The van der Waals surface area contributed by atoms with Crippen LogP contribution in [0.2, 0.25) is 0 Å². The molecule has 3 heteroatoms. The first-order valence-corrected chi connectivity index (χ1v) is 6.79. The molecule has 0 aliphatic rings. The van der Waals surface area contributed by atoms with E-state index in [4.69, 9.17) is 0 Å². The summed E-state index contributed by atoms with van der Waals surface area (Å²) < 4.78 is 1.94. The van der Waals surface area contributed by atoms with Crippen LogP contribution in [0.15, 0.2) is 48.5 Å². The van der Waals surface area contributed by atoms with Gasteiger partial charge in [-0.05, 0) is 36.6 Å². The second kappa shape index (κ2) is 5.22. The Labute approximate surface area is 112 Å². The van der Waals surface area contributed by atoms with Gasteiger partial charge in [0, 0.05) is 0 Å². The maximum atomic E-state index is 4.30. The van der Waals surface area contributed by atoms with Gasteiger partial charge in [0.1, 0.15) is 5.52 Å². The maximum absolute atomic E-state index is 4.30. The van der Waals surface area contributed by atoms with Gasteiger partial charge >= 0.3 is 0 Å². The third-order valence-corrected chi connectivity index (χ3v) is 3.37. The second-order valence-corrected chi connectivity index (χ2v) is 4.72. The van der Waals surface area contributed by atoms with Gasteiger partial charge in [0.05, 0.1) is 11.2 Å². The van der Waals surface area contributed by atoms with E-state index in [-0.39, 0.29) is 0 Å². The van der Waals surface area contributed by atoms with Gasteiger partial charge in [-0.1, -0.05) is 48.9 Å². The van der Waals surface area contributed by atoms with Crippen molar-refractivity contribution in [2.45, 2.75) is 26.2 Å². The number of hydrogen-bond donors (Lipinski definition) is 0. The number of unbranched alkanes of at least 4 members (excludes halogenated alkanes) is 1. The van der Waals surface area contributed by atoms with Crippen molar-refractivity contribution in [3.05, 3.63) is 54.1 Å². The second-order valence-electron chi connectivity index (χ2n) is 4.72. The quantitative estimate of drug-likeness (QED) is 0.706. The molecule has 3 nitrogen and oxygen atoms in total. The summed E-state index contributed by atoms with van der Waals surface area (Å²) in [6.07, 6.45) is 3.48. The number of fused-ring (bicyclic) bond motifs is 1. The third kappa shape index (κ3) is 2.24. The average molecular weight is 251 g/mol. The normalized spacial score (nSPS) is 11.0. The average Bonchev–Trinajstić information content (AvgIpc) is 2.89. The molecule has 0 saturated heterocycles. The van der Waals surface area contributed by atoms with Crippen molar-refractivity contribution in [3.63, 3.8) is 0 Å². The van der Waals surface area contributed by atoms with E-state index in [0.29, 0.717) is 0 Å². The highest BCUT2D eigenvalue weighted by atomic mass is 15.4. The highest BCUT2D eigenvalue weighted by Gasteiger charge is 2.09. The molecule has 19 heavy (non-hydrogen) atoms. The predicted molar refractivity (Wildman–Crippen MR) is 77.5 cm³/mol. The molecule has 0 spiro atoms. The lowest BCUT2D eigenvalue weighted by Gasteiger charge is -2.09. The Bertz CT molecular complexity index is 685. The van der Waals surface area contributed by atoms with Crippen molar-refractivity contribution in [1.82, 2.24) is 15.0 Å². The minimum atomic E-state index is 0.938. The number of para-hydroxylation sites is 2. The number of benzene rings is 2. The monoisotopic (exact) mass is 251 g/mol. The fraction of sp³-hybridized carbons (Fsp3) is 0.250. The van der Waals surface area contributed by atoms with Gasteiger partial charge in [0.15, 0.2) is 0 Å². The molecule has 0 radical (unpaired) electrons. The van der Waals surface area contributed by atoms with Crippen molar-refractivity contribution in [3.8, 4) is 5.69 Å². The van der Waals surface area contributed by atoms with Gasteiger partial charge in [-0.3, -0.25) is 0 Å². The van der Waals surface area contributed by atoms with E-state index in [0.717, 1.165) is 23.1 Å². The topological polar surface area (TPSA) is 30.7 Å². The molecule has 0 fully saturated rings. The lowest BCUT2D eigenvalue weighted by atomic mass is 10.1. The molecule has 1 aromatic heterocycles. The zero-order valence-electron chi connectivity index (χ0n) is 11.1. The molecule has 0 aliphatic heterocycles. The summed E-state index contributed by atoms with van der Waals surface area (Å²) in [4.78, 5) is 0. The van der Waals surface area contributed by atoms with Crippen LogP contribution in [0, 0.1) is 0 Å². The predicted octanol–water partition coefficient (Wildman–Crippen LogP) is 3.76. The number of aromatic nitrogens is 3. The van der Waals surface area contributed by atoms with E-state index in [1.807, 2.05) is 22.9 Å². The Morgan fingerprint density at radius 1 is 1.00 bits per heavy atom. The summed E-state index contributed by atoms with van der Waals surface area (Å²) >= 11 is 0. The van der Waals surface area contributed by atoms with Crippen molar-refractivity contribution in [2.24, 2.45) is 0 Å². The Kier molecular flexibility index (Phi) is 3.27. The SMILES string of the molecule is CCCCc1ccccc1-n1nnc2ccccc21. The molecular weight excluding hydrogens is 234 g/mol. The summed E-state index contributed by atoms with van der Waals surface area (Å²) in [7, 11) is 0. The van der Waals surface area contributed by atoms with Crippen LogP contribution in [0.25, 0.3) is 16.7 Å². The zero-order valence-corrected chi connectivity index (χ0v) is 11.1. The first-order chi connectivity index (χ1) is 9.40. The lowest BCUT2D eigenvalue weighted by molar-refractivity contribution is 0.768. The van der Waals surface area contributed by atoms with Gasteiger partial charge in [-0.25, -0.2) is 4.68 Å². The molecule has 0 aliphatic carbocycles. The van der Waals surface area contributed by atoms with Gasteiger partial charge in [-0.15, -0.1) is 5.10 Å². The zero-order chi connectivity index (χ0) is 13.1. The summed E-state index contributed by atoms with van der Waals surface area (Å²) in [6, 6.07) is 16.5. The fourth-order valence-corrected chi connectivity index (χ4v) is 2.34. The maximum Gasteiger partial charge on any atom is 0.113 e. The molecule has 3 aromatic rings. The first kappa shape index (κ1) is 11.9. The van der Waals surface area contributed by atoms with Crippen LogP contribution in [-0.2, 0) is 6.42 Å². The smallest absolute Gasteiger partial charge is 0.113 e. The number of nitrogens with zero attached hydrogens (tertiary/aromatic N) is 3. The van der Waals surface area contributed by atoms with Crippen LogP contribution in [0.5, 0.6) is 0 Å². The molecule has 96 valence electrons. The van der Waals surface area contributed by atoms with Crippen molar-refractivity contribution in [2.75, 3.05) is 0 Å². The molecule has 0 atom stereocenters. The molecule has 0 unspecified atom stereocenters. The molecule has 0 bridgehead atoms. The fourth-order valence-electron chi connectivity index (χ4n) is 2.34. The highest BCUT2D eigenvalue weighted by molar-refractivity contribution is 5.76. The minimum Gasteiger partial charge on any atom is -0.213 e. The standard InChI is InChI=1S/C16H17N3/c1-2-3-8-13-9-4-6-11-15(13)19-16-12-7-5-10-14(16)17-18-19/h4-7,9-12H,2-3,8H2,1H3. The van der Waals surface area contributed by atoms with E-state index in [1.165, 1.54) is 18.4 Å². The lowest BCUT2D eigenvalue weighted by Crippen LogP contribution is -2.01. The molecule has 0 N–H and O–H groups in total. The highest BCUT2D eigenvalue weighted by Crippen LogP contribution is 2.20. The van der Waals surface area contributed by atoms with Gasteiger partial charge in [0.25, 0.3) is 0 Å². The van der Waals surface area contributed by atoms with Crippen molar-refractivity contribution >= 4 is 11.0 Å². The van der Waals surface area contributed by atoms with E-state index < -0.39 is 0 Å². The van der Waals surface area contributed by atoms with Crippen molar-refractivity contribution in [1.29, 1.82) is 0 Å². The summed E-state index contributed by atoms with van der Waals surface area (Å²) in [5, 5.41) is 8.53. The van der Waals surface area contributed by atoms with Crippen LogP contribution in [0.4, 0.5) is 0 Å². The molecule has 1 heterocycles. The molecule has 0 saturated carbocycles. The van der Waals surface area contributed by atoms with E-state index >= 15 is 0 Å². The van der Waals surface area contributed by atoms with Crippen molar-refractivity contribution < 1.29 is 0 Å². The van der Waals surface area contributed by atoms with Gasteiger partial charge in [-0.2, -0.15) is 0 Å². The van der Waals surface area contributed by atoms with E-state index in [9.17, 15) is 0 Å². The third-order valence-electron chi connectivity index (χ3n) is 3.37. The van der Waals surface area contributed by atoms with Crippen LogP contribution in [0.3, 0.4) is 0 Å². The summed E-state index contributed by atoms with van der Waals surface area (Å²) in [6.45, 7) is 2.22. The number of hydrogen-bond acceptors (Lipinski definition) is 2. The van der Waals surface area contributed by atoms with Crippen LogP contribution in [-0.4, -0.2) is 15.0 Å². The summed E-state index contributed by atoms with van der Waals surface area (Å²) in [5.41, 5.74) is 4.48. The minimum absolute atomic E-state index is 0.938. The van der Waals surface area contributed by atoms with E-state index in [2.05, 4.69) is 47.6 Å². The Hall–Kier alpha value is -2.16. The van der Waals surface area contributed by atoms with Gasteiger partial charge < -0.3 is 0 Å². The Balaban J connectivity index is 2.11. The molecule has 3 rings (SSSR count). The van der Waals surface area contributed by atoms with Gasteiger partial charge in [0.2, 0.25) is 0 Å².